The third-order valence-electron chi connectivity index (χ3n) is 3.45. The number of ether oxygens (including phenoxy) is 1. The Kier molecular flexibility index (Phi) is 5.78. The number of nitrogens with zero attached hydrogens (tertiary/aromatic N) is 3. The van der Waals surface area contributed by atoms with Crippen LogP contribution in [-0.4, -0.2) is 49.1 Å². The molecule has 0 aliphatic carbocycles. The van der Waals surface area contributed by atoms with Gasteiger partial charge in [0.15, 0.2) is 0 Å². The third kappa shape index (κ3) is 4.09. The average Bonchev–Trinajstić information content (AvgIpc) is 2.58. The fourth-order valence-corrected chi connectivity index (χ4v) is 3.13. The maximum Gasteiger partial charge on any atom is 0.276 e. The normalized spacial score (nSPS) is 11.4. The molecular formula is C16H20N4O5S. The van der Waals surface area contributed by atoms with Crippen LogP contribution in [0, 0.1) is 0 Å². The van der Waals surface area contributed by atoms with Crippen molar-refractivity contribution in [3.63, 3.8) is 0 Å². The molecule has 0 atom stereocenters. The van der Waals surface area contributed by atoms with Crippen molar-refractivity contribution < 1.29 is 17.9 Å². The number of carbonyl (C=O) groups is 1. The molecule has 140 valence electrons. The highest BCUT2D eigenvalue weighted by Gasteiger charge is 2.23. The van der Waals surface area contributed by atoms with Gasteiger partial charge < -0.3 is 10.1 Å². The maximum absolute atomic E-state index is 12.5. The molecule has 0 bridgehead atoms. The Morgan fingerprint density at radius 3 is 2.54 bits per heavy atom. The van der Waals surface area contributed by atoms with Gasteiger partial charge in [-0.2, -0.15) is 5.10 Å². The van der Waals surface area contributed by atoms with Gasteiger partial charge in [0.1, 0.15) is 16.3 Å². The van der Waals surface area contributed by atoms with Gasteiger partial charge >= 0.3 is 0 Å². The van der Waals surface area contributed by atoms with Crippen molar-refractivity contribution in [1.82, 2.24) is 14.1 Å². The first-order valence-electron chi connectivity index (χ1n) is 7.72. The standard InChI is InChI=1S/C16H20N4O5S/c1-5-25-13-8-6-11(10-14(13)26(23,24)19(2)3)17-16(22)12-7-9-15(21)20(4)18-12/h6-10H,5H2,1-4H3,(H,17,22). The molecule has 1 amide bonds. The van der Waals surface area contributed by atoms with E-state index >= 15 is 0 Å². The minimum absolute atomic E-state index is 0.0259. The molecule has 0 unspecified atom stereocenters. The molecule has 2 aromatic rings. The SMILES string of the molecule is CCOc1ccc(NC(=O)c2ccc(=O)n(C)n2)cc1S(=O)(=O)N(C)C. The van der Waals surface area contributed by atoms with E-state index in [4.69, 9.17) is 4.74 Å². The number of hydrogen-bond donors (Lipinski definition) is 1. The lowest BCUT2D eigenvalue weighted by Crippen LogP contribution is -2.24. The lowest BCUT2D eigenvalue weighted by molar-refractivity contribution is 0.102. The van der Waals surface area contributed by atoms with Crippen LogP contribution in [-0.2, 0) is 17.1 Å². The van der Waals surface area contributed by atoms with Gasteiger partial charge in [-0.25, -0.2) is 17.4 Å². The monoisotopic (exact) mass is 380 g/mol. The van der Waals surface area contributed by atoms with Gasteiger partial charge in [0.25, 0.3) is 11.5 Å². The van der Waals surface area contributed by atoms with Crippen LogP contribution >= 0.6 is 0 Å². The minimum atomic E-state index is -3.77. The summed E-state index contributed by atoms with van der Waals surface area (Å²) >= 11 is 0. The van der Waals surface area contributed by atoms with Crippen molar-refractivity contribution >= 4 is 21.6 Å². The molecular weight excluding hydrogens is 360 g/mol. The van der Waals surface area contributed by atoms with Crippen LogP contribution in [0.5, 0.6) is 5.75 Å². The summed E-state index contributed by atoms with van der Waals surface area (Å²) in [5.74, 6) is -0.377. The molecule has 1 aromatic carbocycles. The molecule has 26 heavy (non-hydrogen) atoms. The molecule has 0 saturated carbocycles. The molecule has 0 aliphatic rings. The molecule has 1 N–H and O–H groups in total. The van der Waals surface area contributed by atoms with Crippen molar-refractivity contribution in [2.75, 3.05) is 26.0 Å². The number of carbonyl (C=O) groups excluding carboxylic acids is 1. The molecule has 0 spiro atoms. The Labute approximate surface area is 151 Å². The van der Waals surface area contributed by atoms with Gasteiger partial charge in [-0.05, 0) is 31.2 Å². The third-order valence-corrected chi connectivity index (χ3v) is 5.29. The van der Waals surface area contributed by atoms with Gasteiger partial charge in [0, 0.05) is 32.9 Å². The maximum atomic E-state index is 12.5. The molecule has 0 saturated heterocycles. The predicted molar refractivity (Wildman–Crippen MR) is 95.9 cm³/mol. The molecule has 0 aliphatic heterocycles. The summed E-state index contributed by atoms with van der Waals surface area (Å²) in [4.78, 5) is 23.6. The van der Waals surface area contributed by atoms with E-state index in [1.54, 1.807) is 6.92 Å². The number of aryl methyl sites for hydroxylation is 1. The van der Waals surface area contributed by atoms with Crippen LogP contribution < -0.4 is 15.6 Å². The number of rotatable bonds is 6. The number of sulfonamides is 1. The minimum Gasteiger partial charge on any atom is -0.492 e. The lowest BCUT2D eigenvalue weighted by atomic mass is 10.3. The van der Waals surface area contributed by atoms with E-state index in [2.05, 4.69) is 10.4 Å². The van der Waals surface area contributed by atoms with Crippen LogP contribution in [0.15, 0.2) is 40.0 Å². The molecule has 2 rings (SSSR count). The highest BCUT2D eigenvalue weighted by molar-refractivity contribution is 7.89. The number of hydrogen-bond acceptors (Lipinski definition) is 6. The molecule has 0 fully saturated rings. The van der Waals surface area contributed by atoms with Crippen molar-refractivity contribution in [2.45, 2.75) is 11.8 Å². The van der Waals surface area contributed by atoms with Crippen molar-refractivity contribution in [3.8, 4) is 5.75 Å². The summed E-state index contributed by atoms with van der Waals surface area (Å²) < 4.78 is 32.5. The first kappa shape index (κ1) is 19.6. The fourth-order valence-electron chi connectivity index (χ4n) is 2.08. The van der Waals surface area contributed by atoms with Crippen molar-refractivity contribution in [1.29, 1.82) is 0 Å². The largest absolute Gasteiger partial charge is 0.492 e. The summed E-state index contributed by atoms with van der Waals surface area (Å²) in [5.41, 5.74) is -0.0606. The van der Waals surface area contributed by atoms with Gasteiger partial charge in [-0.15, -0.1) is 0 Å². The highest BCUT2D eigenvalue weighted by Crippen LogP contribution is 2.29. The second-order valence-electron chi connectivity index (χ2n) is 5.52. The Morgan fingerprint density at radius 1 is 1.27 bits per heavy atom. The quantitative estimate of drug-likeness (QED) is 0.789. The molecule has 1 aromatic heterocycles. The zero-order valence-electron chi connectivity index (χ0n) is 14.9. The van der Waals surface area contributed by atoms with E-state index in [-0.39, 0.29) is 27.6 Å². The van der Waals surface area contributed by atoms with Gasteiger partial charge in [0.2, 0.25) is 10.0 Å². The number of anilines is 1. The van der Waals surface area contributed by atoms with Crippen molar-refractivity contribution in [2.24, 2.45) is 7.05 Å². The van der Waals surface area contributed by atoms with E-state index in [9.17, 15) is 18.0 Å². The Bertz CT molecular complexity index is 982. The van der Waals surface area contributed by atoms with Crippen LogP contribution in [0.2, 0.25) is 0 Å². The lowest BCUT2D eigenvalue weighted by Gasteiger charge is -2.16. The second-order valence-corrected chi connectivity index (χ2v) is 7.64. The Morgan fingerprint density at radius 2 is 1.96 bits per heavy atom. The molecule has 0 radical (unpaired) electrons. The summed E-state index contributed by atoms with van der Waals surface area (Å²) in [6, 6.07) is 6.84. The van der Waals surface area contributed by atoms with Gasteiger partial charge in [-0.3, -0.25) is 9.59 Å². The molecule has 10 heteroatoms. The number of nitrogens with one attached hydrogen (secondary N) is 1. The molecule has 1 heterocycles. The Hall–Kier alpha value is -2.72. The zero-order chi connectivity index (χ0) is 19.5. The predicted octanol–water partition coefficient (Wildman–Crippen LogP) is 0.682. The summed E-state index contributed by atoms with van der Waals surface area (Å²) in [7, 11) is 0.474. The number of benzene rings is 1. The van der Waals surface area contributed by atoms with Crippen molar-refractivity contribution in [3.05, 3.63) is 46.4 Å². The van der Waals surface area contributed by atoms with Crippen LogP contribution in [0.25, 0.3) is 0 Å². The van der Waals surface area contributed by atoms with E-state index in [1.165, 1.54) is 51.5 Å². The fraction of sp³-hybridized carbons (Fsp3) is 0.312. The topological polar surface area (TPSA) is 111 Å². The van der Waals surface area contributed by atoms with E-state index in [0.29, 0.717) is 6.61 Å². The smallest absolute Gasteiger partial charge is 0.276 e. The van der Waals surface area contributed by atoms with Gasteiger partial charge in [0.05, 0.1) is 6.61 Å². The second kappa shape index (κ2) is 7.67. The average molecular weight is 380 g/mol. The van der Waals surface area contributed by atoms with E-state index < -0.39 is 15.9 Å². The molecule has 9 nitrogen and oxygen atoms in total. The first-order valence-corrected chi connectivity index (χ1v) is 9.16. The summed E-state index contributed by atoms with van der Waals surface area (Å²) in [6.07, 6.45) is 0. The summed E-state index contributed by atoms with van der Waals surface area (Å²) in [6.45, 7) is 2.04. The number of amides is 1. The first-order chi connectivity index (χ1) is 12.2. The van der Waals surface area contributed by atoms with Crippen LogP contribution in [0.3, 0.4) is 0 Å². The summed E-state index contributed by atoms with van der Waals surface area (Å²) in [5, 5.41) is 6.43. The van der Waals surface area contributed by atoms with Gasteiger partial charge in [-0.1, -0.05) is 0 Å². The zero-order valence-corrected chi connectivity index (χ0v) is 15.7. The van der Waals surface area contributed by atoms with E-state index in [1.807, 2.05) is 0 Å². The van der Waals surface area contributed by atoms with Crippen LogP contribution in [0.1, 0.15) is 17.4 Å². The van der Waals surface area contributed by atoms with E-state index in [0.717, 1.165) is 8.99 Å². The Balaban J connectivity index is 2.40. The number of aromatic nitrogens is 2. The van der Waals surface area contributed by atoms with Crippen LogP contribution in [0.4, 0.5) is 5.69 Å². The highest BCUT2D eigenvalue weighted by atomic mass is 32.2.